The Morgan fingerprint density at radius 3 is 2.67 bits per heavy atom. The lowest BCUT2D eigenvalue weighted by atomic mass is 9.93. The van der Waals surface area contributed by atoms with E-state index in [1.54, 1.807) is 0 Å². The Morgan fingerprint density at radius 2 is 2.06 bits per heavy atom. The minimum Gasteiger partial charge on any atom is -0.481 e. The number of nitrogens with zero attached hydrogens (tertiary/aromatic N) is 1. The van der Waals surface area contributed by atoms with E-state index in [1.165, 1.54) is 5.56 Å². The standard InChI is InChI=1S/C14H18BrNO2/c1-10-2-5-12(14(17)18)9-16(10)8-11-3-6-13(15)7-4-11/h3-4,6-7,10,12H,2,5,8-9H2,1H3,(H,17,18). The number of aliphatic carboxylic acids is 1. The molecule has 0 saturated carbocycles. The van der Waals surface area contributed by atoms with Crippen LogP contribution in [0.25, 0.3) is 0 Å². The molecular formula is C14H18BrNO2. The van der Waals surface area contributed by atoms with Crippen LogP contribution in [0.3, 0.4) is 0 Å². The Balaban J connectivity index is 2.02. The minimum absolute atomic E-state index is 0.211. The van der Waals surface area contributed by atoms with E-state index in [4.69, 9.17) is 5.11 Å². The molecule has 1 saturated heterocycles. The number of likely N-dealkylation sites (tertiary alicyclic amines) is 1. The van der Waals surface area contributed by atoms with Crippen molar-refractivity contribution in [2.24, 2.45) is 5.92 Å². The van der Waals surface area contributed by atoms with Crippen LogP contribution in [0.2, 0.25) is 0 Å². The largest absolute Gasteiger partial charge is 0.481 e. The van der Waals surface area contributed by atoms with Crippen LogP contribution in [-0.2, 0) is 11.3 Å². The van der Waals surface area contributed by atoms with E-state index in [0.717, 1.165) is 23.9 Å². The van der Waals surface area contributed by atoms with Gasteiger partial charge in [-0.15, -0.1) is 0 Å². The van der Waals surface area contributed by atoms with Gasteiger partial charge in [0.05, 0.1) is 5.92 Å². The first-order chi connectivity index (χ1) is 8.56. The zero-order chi connectivity index (χ0) is 13.1. The van der Waals surface area contributed by atoms with Gasteiger partial charge in [0.15, 0.2) is 0 Å². The predicted molar refractivity (Wildman–Crippen MR) is 74.4 cm³/mol. The zero-order valence-electron chi connectivity index (χ0n) is 10.5. The molecule has 1 aromatic carbocycles. The summed E-state index contributed by atoms with van der Waals surface area (Å²) in [7, 11) is 0. The lowest BCUT2D eigenvalue weighted by molar-refractivity contribution is -0.144. The average Bonchev–Trinajstić information content (AvgIpc) is 2.34. The van der Waals surface area contributed by atoms with E-state index in [-0.39, 0.29) is 5.92 Å². The van der Waals surface area contributed by atoms with Gasteiger partial charge in [0.2, 0.25) is 0 Å². The molecule has 0 bridgehead atoms. The van der Waals surface area contributed by atoms with Crippen LogP contribution < -0.4 is 0 Å². The summed E-state index contributed by atoms with van der Waals surface area (Å²) >= 11 is 3.42. The van der Waals surface area contributed by atoms with E-state index in [2.05, 4.69) is 39.9 Å². The van der Waals surface area contributed by atoms with Crippen molar-refractivity contribution in [3.05, 3.63) is 34.3 Å². The quantitative estimate of drug-likeness (QED) is 0.932. The van der Waals surface area contributed by atoms with Gasteiger partial charge in [-0.1, -0.05) is 28.1 Å². The molecule has 0 aromatic heterocycles. The van der Waals surface area contributed by atoms with Crippen molar-refractivity contribution in [2.75, 3.05) is 6.54 Å². The fourth-order valence-corrected chi connectivity index (χ4v) is 2.69. The average molecular weight is 312 g/mol. The van der Waals surface area contributed by atoms with E-state index >= 15 is 0 Å². The fourth-order valence-electron chi connectivity index (χ4n) is 2.43. The van der Waals surface area contributed by atoms with Crippen molar-refractivity contribution >= 4 is 21.9 Å². The number of hydrogen-bond donors (Lipinski definition) is 1. The van der Waals surface area contributed by atoms with Crippen molar-refractivity contribution in [1.29, 1.82) is 0 Å². The van der Waals surface area contributed by atoms with Gasteiger partial charge in [0.1, 0.15) is 0 Å². The van der Waals surface area contributed by atoms with Crippen LogP contribution >= 0.6 is 15.9 Å². The van der Waals surface area contributed by atoms with Crippen molar-refractivity contribution in [2.45, 2.75) is 32.4 Å². The molecule has 1 aromatic rings. The number of benzene rings is 1. The molecule has 0 spiro atoms. The molecule has 3 nitrogen and oxygen atoms in total. The number of hydrogen-bond acceptors (Lipinski definition) is 2. The van der Waals surface area contributed by atoms with E-state index in [9.17, 15) is 4.79 Å². The highest BCUT2D eigenvalue weighted by Gasteiger charge is 2.29. The number of halogens is 1. The summed E-state index contributed by atoms with van der Waals surface area (Å²) in [6, 6.07) is 8.68. The molecule has 2 rings (SSSR count). The maximum atomic E-state index is 11.1. The van der Waals surface area contributed by atoms with E-state index in [1.807, 2.05) is 12.1 Å². The van der Waals surface area contributed by atoms with Gasteiger partial charge in [-0.05, 0) is 37.5 Å². The Bertz CT molecular complexity index is 418. The smallest absolute Gasteiger partial charge is 0.307 e. The number of rotatable bonds is 3. The van der Waals surface area contributed by atoms with Crippen molar-refractivity contribution in [1.82, 2.24) is 4.90 Å². The highest BCUT2D eigenvalue weighted by molar-refractivity contribution is 9.10. The first kappa shape index (κ1) is 13.6. The van der Waals surface area contributed by atoms with Crippen molar-refractivity contribution < 1.29 is 9.90 Å². The molecule has 1 heterocycles. The summed E-state index contributed by atoms with van der Waals surface area (Å²) in [6.45, 7) is 3.67. The SMILES string of the molecule is CC1CCC(C(=O)O)CN1Cc1ccc(Br)cc1. The fraction of sp³-hybridized carbons (Fsp3) is 0.500. The summed E-state index contributed by atoms with van der Waals surface area (Å²) in [5, 5.41) is 9.11. The van der Waals surface area contributed by atoms with Crippen LogP contribution in [0.15, 0.2) is 28.7 Å². The molecule has 1 aliphatic heterocycles. The van der Waals surface area contributed by atoms with Gasteiger partial charge in [-0.25, -0.2) is 0 Å². The Labute approximate surface area is 116 Å². The molecule has 4 heteroatoms. The number of carboxylic acids is 1. The van der Waals surface area contributed by atoms with Gasteiger partial charge >= 0.3 is 5.97 Å². The summed E-state index contributed by atoms with van der Waals surface area (Å²) in [5.74, 6) is -0.876. The molecule has 0 radical (unpaired) electrons. The van der Waals surface area contributed by atoms with Gasteiger partial charge in [-0.2, -0.15) is 0 Å². The van der Waals surface area contributed by atoms with Gasteiger partial charge < -0.3 is 5.11 Å². The maximum Gasteiger partial charge on any atom is 0.307 e. The third-order valence-corrected chi connectivity index (χ3v) is 4.19. The lowest BCUT2D eigenvalue weighted by Gasteiger charge is -2.36. The Morgan fingerprint density at radius 1 is 1.39 bits per heavy atom. The molecule has 1 aliphatic rings. The highest BCUT2D eigenvalue weighted by atomic mass is 79.9. The summed E-state index contributed by atoms with van der Waals surface area (Å²) < 4.78 is 1.07. The second kappa shape index (κ2) is 5.85. The molecule has 18 heavy (non-hydrogen) atoms. The van der Waals surface area contributed by atoms with Crippen molar-refractivity contribution in [3.8, 4) is 0 Å². The van der Waals surface area contributed by atoms with Gasteiger partial charge in [0, 0.05) is 23.6 Å². The second-order valence-corrected chi connectivity index (χ2v) is 5.93. The van der Waals surface area contributed by atoms with Crippen LogP contribution in [0.4, 0.5) is 0 Å². The monoisotopic (exact) mass is 311 g/mol. The molecule has 1 fully saturated rings. The molecular weight excluding hydrogens is 294 g/mol. The molecule has 0 amide bonds. The molecule has 2 unspecified atom stereocenters. The van der Waals surface area contributed by atoms with Crippen LogP contribution in [0.1, 0.15) is 25.3 Å². The summed E-state index contributed by atoms with van der Waals surface area (Å²) in [5.41, 5.74) is 1.23. The normalized spacial score (nSPS) is 25.0. The number of piperidine rings is 1. The second-order valence-electron chi connectivity index (χ2n) is 5.02. The summed E-state index contributed by atoms with van der Waals surface area (Å²) in [4.78, 5) is 13.3. The Hall–Kier alpha value is -0.870. The highest BCUT2D eigenvalue weighted by Crippen LogP contribution is 2.24. The van der Waals surface area contributed by atoms with Crippen LogP contribution in [-0.4, -0.2) is 28.6 Å². The van der Waals surface area contributed by atoms with Crippen molar-refractivity contribution in [3.63, 3.8) is 0 Å². The van der Waals surface area contributed by atoms with E-state index in [0.29, 0.717) is 12.6 Å². The summed E-state index contributed by atoms with van der Waals surface area (Å²) in [6.07, 6.45) is 1.76. The van der Waals surface area contributed by atoms with Crippen LogP contribution in [0.5, 0.6) is 0 Å². The first-order valence-electron chi connectivity index (χ1n) is 6.27. The minimum atomic E-state index is -0.664. The molecule has 0 aliphatic carbocycles. The lowest BCUT2D eigenvalue weighted by Crippen LogP contribution is -2.43. The van der Waals surface area contributed by atoms with E-state index < -0.39 is 5.97 Å². The number of carbonyl (C=O) groups is 1. The third kappa shape index (κ3) is 3.33. The van der Waals surface area contributed by atoms with Gasteiger partial charge in [0.25, 0.3) is 0 Å². The van der Waals surface area contributed by atoms with Crippen LogP contribution in [0, 0.1) is 5.92 Å². The third-order valence-electron chi connectivity index (χ3n) is 3.66. The maximum absolute atomic E-state index is 11.1. The van der Waals surface area contributed by atoms with Gasteiger partial charge in [-0.3, -0.25) is 9.69 Å². The topological polar surface area (TPSA) is 40.5 Å². The first-order valence-corrected chi connectivity index (χ1v) is 7.07. The molecule has 1 N–H and O–H groups in total. The molecule has 98 valence electrons. The zero-order valence-corrected chi connectivity index (χ0v) is 12.1. The predicted octanol–water partition coefficient (Wildman–Crippen LogP) is 3.13. The Kier molecular flexibility index (Phi) is 4.40. The number of carboxylic acid groups (broad SMARTS) is 1. The molecule has 2 atom stereocenters.